The molecule has 0 radical (unpaired) electrons. The Labute approximate surface area is 187 Å². The van der Waals surface area contributed by atoms with Crippen molar-refractivity contribution in [3.8, 4) is 17.0 Å². The molecule has 1 unspecified atom stereocenters. The number of carbonyl (C=O) groups excluding carboxylic acids is 1. The highest BCUT2D eigenvalue weighted by atomic mass is 16.5. The molecule has 2 aliphatic heterocycles. The largest absolute Gasteiger partial charge is 0.508 e. The van der Waals surface area contributed by atoms with Gasteiger partial charge < -0.3 is 14.7 Å². The highest BCUT2D eigenvalue weighted by Gasteiger charge is 2.41. The monoisotopic (exact) mass is 432 g/mol. The summed E-state index contributed by atoms with van der Waals surface area (Å²) in [6.07, 6.45) is 0.887. The normalized spacial score (nSPS) is 18.8. The second-order valence-electron chi connectivity index (χ2n) is 8.53. The van der Waals surface area contributed by atoms with E-state index in [4.69, 9.17) is 4.74 Å². The number of H-pyrrole nitrogens is 1. The number of fused-ring (bicyclic) bond motifs is 1. The van der Waals surface area contributed by atoms with E-state index in [0.29, 0.717) is 12.2 Å². The number of aromatic amines is 1. The molecule has 1 atom stereocenters. The molecule has 2 N–H and O–H groups in total. The molecule has 1 fully saturated rings. The Hall–Kier alpha value is -3.16. The Morgan fingerprint density at radius 2 is 1.78 bits per heavy atom. The number of nitrogens with one attached hydrogen (secondary N) is 1. The first-order valence-corrected chi connectivity index (χ1v) is 11.2. The minimum absolute atomic E-state index is 0.0223. The summed E-state index contributed by atoms with van der Waals surface area (Å²) in [5.74, 6) is 0.189. The first-order chi connectivity index (χ1) is 15.6. The van der Waals surface area contributed by atoms with Crippen LogP contribution in [0.25, 0.3) is 11.3 Å². The summed E-state index contributed by atoms with van der Waals surface area (Å²) in [6.45, 7) is 7.07. The van der Waals surface area contributed by atoms with Crippen LogP contribution in [0.1, 0.15) is 39.6 Å². The van der Waals surface area contributed by atoms with Crippen molar-refractivity contribution >= 4 is 5.91 Å². The Morgan fingerprint density at radius 1 is 1.06 bits per heavy atom. The van der Waals surface area contributed by atoms with Gasteiger partial charge in [-0.2, -0.15) is 5.10 Å². The number of rotatable bonds is 6. The van der Waals surface area contributed by atoms with E-state index in [0.717, 1.165) is 61.7 Å². The van der Waals surface area contributed by atoms with Crippen LogP contribution >= 0.6 is 0 Å². The van der Waals surface area contributed by atoms with Crippen molar-refractivity contribution in [1.82, 2.24) is 20.0 Å². The first-order valence-electron chi connectivity index (χ1n) is 11.2. The third-order valence-corrected chi connectivity index (χ3v) is 6.37. The van der Waals surface area contributed by atoms with Crippen LogP contribution in [0.3, 0.4) is 0 Å². The highest BCUT2D eigenvalue weighted by Crippen LogP contribution is 2.43. The quantitative estimate of drug-likeness (QED) is 0.624. The number of phenols is 1. The van der Waals surface area contributed by atoms with Crippen molar-refractivity contribution in [3.05, 3.63) is 70.9 Å². The topological polar surface area (TPSA) is 81.7 Å². The van der Waals surface area contributed by atoms with Gasteiger partial charge in [-0.1, -0.05) is 42.0 Å². The Morgan fingerprint density at radius 3 is 2.50 bits per heavy atom. The van der Waals surface area contributed by atoms with Gasteiger partial charge in [0.15, 0.2) is 0 Å². The minimum atomic E-state index is -0.238. The number of aromatic hydroxyl groups is 1. The summed E-state index contributed by atoms with van der Waals surface area (Å²) < 4.78 is 5.44. The van der Waals surface area contributed by atoms with Gasteiger partial charge in [0, 0.05) is 37.3 Å². The third kappa shape index (κ3) is 3.89. The zero-order chi connectivity index (χ0) is 22.1. The number of nitrogens with zero attached hydrogens (tertiary/aromatic N) is 3. The van der Waals surface area contributed by atoms with E-state index in [9.17, 15) is 9.90 Å². The summed E-state index contributed by atoms with van der Waals surface area (Å²) in [5, 5.41) is 17.3. The number of aryl methyl sites for hydroxylation is 1. The van der Waals surface area contributed by atoms with Gasteiger partial charge in [-0.3, -0.25) is 14.8 Å². The molecule has 2 aliphatic rings. The molecule has 166 valence electrons. The molecule has 3 aromatic rings. The average Bonchev–Trinajstić information content (AvgIpc) is 3.35. The fourth-order valence-electron chi connectivity index (χ4n) is 4.65. The van der Waals surface area contributed by atoms with E-state index < -0.39 is 0 Å². The zero-order valence-electron chi connectivity index (χ0n) is 18.3. The summed E-state index contributed by atoms with van der Waals surface area (Å²) in [6, 6.07) is 15.1. The van der Waals surface area contributed by atoms with Gasteiger partial charge in [0.1, 0.15) is 11.4 Å². The number of carbonyl (C=O) groups is 1. The Bertz CT molecular complexity index is 1090. The molecule has 1 aromatic heterocycles. The Kier molecular flexibility index (Phi) is 5.68. The maximum absolute atomic E-state index is 13.4. The molecule has 2 aromatic carbocycles. The second kappa shape index (κ2) is 8.76. The van der Waals surface area contributed by atoms with Gasteiger partial charge in [-0.25, -0.2) is 0 Å². The number of hydrogen-bond donors (Lipinski definition) is 2. The van der Waals surface area contributed by atoms with E-state index in [1.54, 1.807) is 12.1 Å². The van der Waals surface area contributed by atoms with Crippen molar-refractivity contribution in [1.29, 1.82) is 0 Å². The number of aromatic nitrogens is 2. The van der Waals surface area contributed by atoms with Crippen LogP contribution in [0, 0.1) is 6.92 Å². The Balaban J connectivity index is 1.46. The molecule has 7 nitrogen and oxygen atoms in total. The van der Waals surface area contributed by atoms with Crippen molar-refractivity contribution < 1.29 is 14.6 Å². The first kappa shape index (κ1) is 20.7. The molecule has 0 saturated carbocycles. The lowest BCUT2D eigenvalue weighted by atomic mass is 9.95. The SMILES string of the molecule is Cc1ccc(-c2n[nH]c3c2C(c2ccc(O)cc2)N(CCCN2CCOCC2)C3=O)cc1. The molecule has 5 rings (SSSR count). The summed E-state index contributed by atoms with van der Waals surface area (Å²) in [5.41, 5.74) is 5.41. The molecule has 32 heavy (non-hydrogen) atoms. The predicted molar refractivity (Wildman–Crippen MR) is 122 cm³/mol. The molecule has 7 heteroatoms. The standard InChI is InChI=1S/C25H28N4O3/c1-17-3-5-18(6-4-17)22-21-23(27-26-22)25(31)29(12-2-11-28-13-15-32-16-14-28)24(21)19-7-9-20(30)10-8-19/h3-10,24,30H,2,11-16H2,1H3,(H,26,27). The molecular formula is C25H28N4O3. The second-order valence-corrected chi connectivity index (χ2v) is 8.53. The summed E-state index contributed by atoms with van der Waals surface area (Å²) in [4.78, 5) is 17.7. The fourth-order valence-corrected chi connectivity index (χ4v) is 4.65. The van der Waals surface area contributed by atoms with Crippen LogP contribution in [0.4, 0.5) is 0 Å². The van der Waals surface area contributed by atoms with Crippen molar-refractivity contribution in [2.45, 2.75) is 19.4 Å². The van der Waals surface area contributed by atoms with Gasteiger partial charge in [0.25, 0.3) is 5.91 Å². The minimum Gasteiger partial charge on any atom is -0.508 e. The zero-order valence-corrected chi connectivity index (χ0v) is 18.3. The third-order valence-electron chi connectivity index (χ3n) is 6.37. The lowest BCUT2D eigenvalue weighted by molar-refractivity contribution is 0.0354. The fraction of sp³-hybridized carbons (Fsp3) is 0.360. The van der Waals surface area contributed by atoms with Gasteiger partial charge in [0.2, 0.25) is 0 Å². The van der Waals surface area contributed by atoms with Gasteiger partial charge in [-0.05, 0) is 31.0 Å². The van der Waals surface area contributed by atoms with E-state index >= 15 is 0 Å². The maximum atomic E-state index is 13.4. The summed E-state index contributed by atoms with van der Waals surface area (Å²) >= 11 is 0. The summed E-state index contributed by atoms with van der Waals surface area (Å²) in [7, 11) is 0. The molecule has 0 bridgehead atoms. The molecule has 1 amide bonds. The number of phenolic OH excluding ortho intramolecular Hbond substituents is 1. The van der Waals surface area contributed by atoms with Crippen molar-refractivity contribution in [3.63, 3.8) is 0 Å². The number of hydrogen-bond acceptors (Lipinski definition) is 5. The predicted octanol–water partition coefficient (Wildman–Crippen LogP) is 3.36. The van der Waals surface area contributed by atoms with Gasteiger partial charge >= 0.3 is 0 Å². The van der Waals surface area contributed by atoms with Crippen LogP contribution in [-0.2, 0) is 4.74 Å². The molecule has 1 saturated heterocycles. The molecule has 0 spiro atoms. The number of benzene rings is 2. The lowest BCUT2D eigenvalue weighted by Crippen LogP contribution is -2.38. The van der Waals surface area contributed by atoms with Gasteiger partial charge in [-0.15, -0.1) is 0 Å². The number of amides is 1. The highest BCUT2D eigenvalue weighted by molar-refractivity contribution is 6.00. The van der Waals surface area contributed by atoms with Crippen LogP contribution in [0.15, 0.2) is 48.5 Å². The number of ether oxygens (including phenoxy) is 1. The van der Waals surface area contributed by atoms with E-state index in [2.05, 4.69) is 34.2 Å². The average molecular weight is 433 g/mol. The van der Waals surface area contributed by atoms with Crippen molar-refractivity contribution in [2.24, 2.45) is 0 Å². The van der Waals surface area contributed by atoms with Crippen molar-refractivity contribution in [2.75, 3.05) is 39.4 Å². The van der Waals surface area contributed by atoms with Crippen LogP contribution < -0.4 is 0 Å². The van der Waals surface area contributed by atoms with Crippen LogP contribution in [-0.4, -0.2) is 70.4 Å². The number of morpholine rings is 1. The van der Waals surface area contributed by atoms with E-state index in [1.807, 2.05) is 29.2 Å². The smallest absolute Gasteiger partial charge is 0.273 e. The maximum Gasteiger partial charge on any atom is 0.273 e. The van der Waals surface area contributed by atoms with Crippen LogP contribution in [0.2, 0.25) is 0 Å². The molecule has 3 heterocycles. The van der Waals surface area contributed by atoms with Crippen LogP contribution in [0.5, 0.6) is 5.75 Å². The van der Waals surface area contributed by atoms with E-state index in [1.165, 1.54) is 5.56 Å². The van der Waals surface area contributed by atoms with Gasteiger partial charge in [0.05, 0.1) is 24.9 Å². The molecule has 0 aliphatic carbocycles. The van der Waals surface area contributed by atoms with E-state index in [-0.39, 0.29) is 17.7 Å². The lowest BCUT2D eigenvalue weighted by Gasteiger charge is -2.29. The molecular weight excluding hydrogens is 404 g/mol.